The number of hydrogen-bond acceptors (Lipinski definition) is 6. The van der Waals surface area contributed by atoms with Crippen molar-refractivity contribution in [2.24, 2.45) is 0 Å². The first kappa shape index (κ1) is 27.4. The highest BCUT2D eigenvalue weighted by molar-refractivity contribution is 7.15. The molecule has 0 bridgehead atoms. The molecule has 9 heteroatoms. The van der Waals surface area contributed by atoms with Crippen molar-refractivity contribution < 1.29 is 32.2 Å². The van der Waals surface area contributed by atoms with Crippen LogP contribution in [0.25, 0.3) is 10.6 Å². The van der Waals surface area contributed by atoms with Gasteiger partial charge in [-0.05, 0) is 62.1 Å². The number of halogens is 3. The lowest BCUT2D eigenvalue weighted by atomic mass is 10.0. The monoisotopic (exact) mass is 519 g/mol. The van der Waals surface area contributed by atoms with Crippen molar-refractivity contribution in [2.45, 2.75) is 52.6 Å². The number of benzene rings is 2. The van der Waals surface area contributed by atoms with Crippen molar-refractivity contribution in [2.75, 3.05) is 13.2 Å². The van der Waals surface area contributed by atoms with E-state index >= 15 is 0 Å². The van der Waals surface area contributed by atoms with Crippen molar-refractivity contribution >= 4 is 23.1 Å². The molecule has 0 aliphatic carbocycles. The van der Waals surface area contributed by atoms with Crippen molar-refractivity contribution in [3.63, 3.8) is 0 Å². The zero-order valence-electron chi connectivity index (χ0n) is 20.6. The molecule has 3 rings (SSSR count). The highest BCUT2D eigenvalue weighted by atomic mass is 32.1. The first-order chi connectivity index (χ1) is 17.0. The fourth-order valence-electron chi connectivity index (χ4n) is 3.61. The van der Waals surface area contributed by atoms with Gasteiger partial charge in [0.1, 0.15) is 10.8 Å². The number of esters is 1. The average molecular weight is 520 g/mol. The molecule has 36 heavy (non-hydrogen) atoms. The number of carbonyl (C=O) groups excluding carboxylic acids is 2. The molecule has 3 aromatic rings. The second-order valence-electron chi connectivity index (χ2n) is 8.55. The Balaban J connectivity index is 1.70. The summed E-state index contributed by atoms with van der Waals surface area (Å²) in [6.45, 7) is 7.58. The maximum absolute atomic E-state index is 12.9. The largest absolute Gasteiger partial charge is 0.482 e. The smallest absolute Gasteiger partial charge is 0.416 e. The van der Waals surface area contributed by atoms with Crippen molar-refractivity contribution in [3.05, 3.63) is 69.7 Å². The molecule has 5 nitrogen and oxygen atoms in total. The quantitative estimate of drug-likeness (QED) is 0.213. The normalized spacial score (nSPS) is 11.6. The van der Waals surface area contributed by atoms with E-state index in [1.807, 2.05) is 13.8 Å². The molecule has 0 fully saturated rings. The Hall–Kier alpha value is -3.20. The number of alkyl halides is 3. The number of thiazole rings is 1. The van der Waals surface area contributed by atoms with Gasteiger partial charge in [-0.3, -0.25) is 4.79 Å². The Morgan fingerprint density at radius 3 is 2.36 bits per heavy atom. The molecule has 0 spiro atoms. The van der Waals surface area contributed by atoms with Crippen LogP contribution in [0.3, 0.4) is 0 Å². The van der Waals surface area contributed by atoms with Crippen LogP contribution < -0.4 is 4.74 Å². The van der Waals surface area contributed by atoms with Gasteiger partial charge in [-0.2, -0.15) is 13.2 Å². The molecule has 1 aromatic heterocycles. The predicted octanol–water partition coefficient (Wildman–Crippen LogP) is 7.02. The lowest BCUT2D eigenvalue weighted by molar-refractivity contribution is -0.145. The molecular weight excluding hydrogens is 491 g/mol. The molecule has 0 N–H and O–H groups in total. The van der Waals surface area contributed by atoms with Crippen LogP contribution in [0, 0.1) is 6.92 Å². The summed E-state index contributed by atoms with van der Waals surface area (Å²) in [4.78, 5) is 30.0. The standard InChI is InChI=1S/C27H28F3NO4S/c1-5-34-24(33)15-35-22-12-8-19(14-17(22)4)21(32)11-13-23-25(16(2)3)31-26(36-23)18-6-9-20(10-7-18)27(28,29)30/h6-10,12,14,16H,5,11,13,15H2,1-4H3. The van der Waals surface area contributed by atoms with Crippen LogP contribution in [0.4, 0.5) is 13.2 Å². The summed E-state index contributed by atoms with van der Waals surface area (Å²) in [7, 11) is 0. The minimum Gasteiger partial charge on any atom is -0.482 e. The van der Waals surface area contributed by atoms with Gasteiger partial charge in [-0.1, -0.05) is 26.0 Å². The van der Waals surface area contributed by atoms with Gasteiger partial charge in [0.15, 0.2) is 12.4 Å². The SMILES string of the molecule is CCOC(=O)COc1ccc(C(=O)CCc2sc(-c3ccc(C(F)(F)F)cc3)nc2C(C)C)cc1C. The summed E-state index contributed by atoms with van der Waals surface area (Å²) >= 11 is 1.40. The lowest BCUT2D eigenvalue weighted by Crippen LogP contribution is -2.15. The zero-order chi connectivity index (χ0) is 26.5. The van der Waals surface area contributed by atoms with Crippen LogP contribution in [0.1, 0.15) is 65.2 Å². The van der Waals surface area contributed by atoms with Crippen LogP contribution in [0.5, 0.6) is 5.75 Å². The second kappa shape index (κ2) is 11.7. The minimum atomic E-state index is -4.39. The number of ether oxygens (including phenoxy) is 2. The fraction of sp³-hybridized carbons (Fsp3) is 0.370. The topological polar surface area (TPSA) is 65.5 Å². The third-order valence-corrected chi connectivity index (χ3v) is 6.64. The van der Waals surface area contributed by atoms with Crippen molar-refractivity contribution in [3.8, 4) is 16.3 Å². The van der Waals surface area contributed by atoms with Crippen molar-refractivity contribution in [1.82, 2.24) is 4.98 Å². The molecule has 0 saturated heterocycles. The Kier molecular flexibility index (Phi) is 8.89. The lowest BCUT2D eigenvalue weighted by Gasteiger charge is -2.10. The molecule has 0 radical (unpaired) electrons. The number of aromatic nitrogens is 1. The van der Waals surface area contributed by atoms with E-state index in [4.69, 9.17) is 9.47 Å². The van der Waals surface area contributed by atoms with Crippen LogP contribution in [-0.4, -0.2) is 30.0 Å². The van der Waals surface area contributed by atoms with Crippen LogP contribution in [0.15, 0.2) is 42.5 Å². The summed E-state index contributed by atoms with van der Waals surface area (Å²) in [6.07, 6.45) is -3.65. The summed E-state index contributed by atoms with van der Waals surface area (Å²) in [5.74, 6) is 0.102. The van der Waals surface area contributed by atoms with E-state index in [0.717, 1.165) is 28.3 Å². The van der Waals surface area contributed by atoms with Gasteiger partial charge < -0.3 is 9.47 Å². The predicted molar refractivity (Wildman–Crippen MR) is 133 cm³/mol. The van der Waals surface area contributed by atoms with E-state index in [2.05, 4.69) is 4.98 Å². The highest BCUT2D eigenvalue weighted by Gasteiger charge is 2.30. The molecule has 0 amide bonds. The minimum absolute atomic E-state index is 0.0470. The second-order valence-corrected chi connectivity index (χ2v) is 9.64. The number of hydrogen-bond donors (Lipinski definition) is 0. The maximum atomic E-state index is 12.9. The third-order valence-electron chi connectivity index (χ3n) is 5.46. The van der Waals surface area contributed by atoms with Gasteiger partial charge in [-0.25, -0.2) is 9.78 Å². The fourth-order valence-corrected chi connectivity index (χ4v) is 4.84. The molecule has 2 aromatic carbocycles. The molecule has 0 aliphatic heterocycles. The van der Waals surface area contributed by atoms with Gasteiger partial charge in [0, 0.05) is 22.4 Å². The van der Waals surface area contributed by atoms with E-state index in [0.29, 0.717) is 28.3 Å². The van der Waals surface area contributed by atoms with E-state index < -0.39 is 17.7 Å². The van der Waals surface area contributed by atoms with Crippen molar-refractivity contribution in [1.29, 1.82) is 0 Å². The molecule has 0 aliphatic rings. The van der Waals surface area contributed by atoms with E-state index in [9.17, 15) is 22.8 Å². The molecular formula is C27H28F3NO4S. The molecule has 0 unspecified atom stereocenters. The Morgan fingerprint density at radius 1 is 1.08 bits per heavy atom. The van der Waals surface area contributed by atoms with Crippen LogP contribution in [-0.2, 0) is 22.1 Å². The number of rotatable bonds is 10. The number of carbonyl (C=O) groups is 2. The Morgan fingerprint density at radius 2 is 1.78 bits per heavy atom. The number of aryl methyl sites for hydroxylation is 2. The third kappa shape index (κ3) is 6.94. The van der Waals surface area contributed by atoms with Gasteiger partial charge in [0.2, 0.25) is 0 Å². The highest BCUT2D eigenvalue weighted by Crippen LogP contribution is 2.35. The maximum Gasteiger partial charge on any atom is 0.416 e. The molecule has 0 saturated carbocycles. The van der Waals surface area contributed by atoms with Gasteiger partial charge in [-0.15, -0.1) is 11.3 Å². The molecule has 1 heterocycles. The molecule has 0 atom stereocenters. The van der Waals surface area contributed by atoms with E-state index in [1.165, 1.54) is 23.5 Å². The summed E-state index contributed by atoms with van der Waals surface area (Å²) in [6, 6.07) is 10.0. The average Bonchev–Trinajstić information content (AvgIpc) is 3.26. The first-order valence-electron chi connectivity index (χ1n) is 11.6. The number of ketones is 1. The summed E-state index contributed by atoms with van der Waals surface area (Å²) in [5.41, 5.74) is 2.03. The van der Waals surface area contributed by atoms with Gasteiger partial charge in [0.25, 0.3) is 0 Å². The van der Waals surface area contributed by atoms with E-state index in [1.54, 1.807) is 32.0 Å². The van der Waals surface area contributed by atoms with Gasteiger partial charge >= 0.3 is 12.1 Å². The Labute approximate surface area is 212 Å². The number of Topliss-reactive ketones (excluding diaryl/α,β-unsaturated/α-hetero) is 1. The Bertz CT molecular complexity index is 1220. The zero-order valence-corrected chi connectivity index (χ0v) is 21.4. The summed E-state index contributed by atoms with van der Waals surface area (Å²) < 4.78 is 49.0. The van der Waals surface area contributed by atoms with Gasteiger partial charge in [0.05, 0.1) is 17.9 Å². The summed E-state index contributed by atoms with van der Waals surface area (Å²) in [5, 5.41) is 0.633. The van der Waals surface area contributed by atoms with E-state index in [-0.39, 0.29) is 31.3 Å². The first-order valence-corrected chi connectivity index (χ1v) is 12.4. The molecule has 192 valence electrons. The van der Waals surface area contributed by atoms with Crippen LogP contribution in [0.2, 0.25) is 0 Å². The van der Waals surface area contributed by atoms with Crippen LogP contribution >= 0.6 is 11.3 Å². The number of nitrogens with zero attached hydrogens (tertiary/aromatic N) is 1.